The molecule has 3 nitrogen and oxygen atoms in total. The predicted octanol–water partition coefficient (Wildman–Crippen LogP) is 16.3. The van der Waals surface area contributed by atoms with Gasteiger partial charge in [0.1, 0.15) is 11.2 Å². The molecule has 0 aliphatic heterocycles. The van der Waals surface area contributed by atoms with Crippen molar-refractivity contribution in [2.75, 3.05) is 4.90 Å². The highest BCUT2D eigenvalue weighted by Crippen LogP contribution is 2.44. The Morgan fingerprint density at radius 2 is 0.934 bits per heavy atom. The molecule has 0 radical (unpaired) electrons. The van der Waals surface area contributed by atoms with Gasteiger partial charge in [0.05, 0.1) is 16.7 Å². The fraction of sp³-hybridized carbons (Fsp3) is 0. The Morgan fingerprint density at radius 3 is 1.69 bits per heavy atom. The highest BCUT2D eigenvalue weighted by atomic mass is 16.3. The van der Waals surface area contributed by atoms with Crippen LogP contribution in [0.2, 0.25) is 0 Å². The molecule has 0 amide bonds. The molecule has 3 heteroatoms. The number of fused-ring (bicyclic) bond motifs is 8. The van der Waals surface area contributed by atoms with Crippen molar-refractivity contribution in [1.82, 2.24) is 4.57 Å². The lowest BCUT2D eigenvalue weighted by Gasteiger charge is -2.28. The Labute approximate surface area is 353 Å². The van der Waals surface area contributed by atoms with Crippen molar-refractivity contribution in [2.24, 2.45) is 0 Å². The van der Waals surface area contributed by atoms with Crippen molar-refractivity contribution in [3.05, 3.63) is 231 Å². The molecule has 0 N–H and O–H groups in total. The van der Waals surface area contributed by atoms with E-state index in [0.29, 0.717) is 0 Å². The Bertz CT molecular complexity index is 3520. The number of nitrogens with zero attached hydrogens (tertiary/aromatic N) is 2. The van der Waals surface area contributed by atoms with Crippen molar-refractivity contribution >= 4 is 71.6 Å². The summed E-state index contributed by atoms with van der Waals surface area (Å²) in [6.07, 6.45) is 0. The second-order valence-electron chi connectivity index (χ2n) is 15.7. The van der Waals surface area contributed by atoms with E-state index in [1.807, 2.05) is 0 Å². The molecule has 0 aliphatic carbocycles. The standard InChI is InChI=1S/C58H38N2O/c1-2-14-40(15-3-1)47-19-6-9-24-53(47)59(45-35-30-42(31-36-45)48-23-13-27-56-57(48)52-37-32-41-16-4-5-20-49(41)58(52)61-56)44-33-28-39(29-34-44)43-17-12-18-46(38-43)60-54-25-10-7-21-50(54)51-22-8-11-26-55(51)60/h1-38H. The van der Waals surface area contributed by atoms with Crippen LogP contribution < -0.4 is 4.90 Å². The highest BCUT2D eigenvalue weighted by molar-refractivity contribution is 6.19. The molecule has 0 atom stereocenters. The summed E-state index contributed by atoms with van der Waals surface area (Å²) in [6, 6.07) is 82.8. The smallest absolute Gasteiger partial charge is 0.143 e. The Hall–Kier alpha value is -8.14. The predicted molar refractivity (Wildman–Crippen MR) is 257 cm³/mol. The van der Waals surface area contributed by atoms with E-state index in [4.69, 9.17) is 4.42 Å². The van der Waals surface area contributed by atoms with Crippen molar-refractivity contribution in [1.29, 1.82) is 0 Å². The maximum atomic E-state index is 6.55. The quantitative estimate of drug-likeness (QED) is 0.161. The molecule has 0 saturated carbocycles. The summed E-state index contributed by atoms with van der Waals surface area (Å²) in [5, 5.41) is 7.10. The minimum absolute atomic E-state index is 0.895. The van der Waals surface area contributed by atoms with Crippen LogP contribution in [0.15, 0.2) is 235 Å². The first-order valence-corrected chi connectivity index (χ1v) is 20.8. The molecule has 2 heterocycles. The zero-order chi connectivity index (χ0) is 40.3. The zero-order valence-corrected chi connectivity index (χ0v) is 33.2. The third-order valence-electron chi connectivity index (χ3n) is 12.2. The number of rotatable bonds is 7. The molecule has 0 fully saturated rings. The summed E-state index contributed by atoms with van der Waals surface area (Å²) < 4.78 is 8.93. The number of hydrogen-bond donors (Lipinski definition) is 0. The molecule has 12 rings (SSSR count). The molecular weight excluding hydrogens is 741 g/mol. The first-order chi connectivity index (χ1) is 30.3. The number of anilines is 3. The number of furan rings is 1. The summed E-state index contributed by atoms with van der Waals surface area (Å²) in [5.74, 6) is 0. The van der Waals surface area contributed by atoms with Gasteiger partial charge >= 0.3 is 0 Å². The van der Waals surface area contributed by atoms with Gasteiger partial charge in [-0.1, -0.05) is 164 Å². The molecule has 0 aliphatic rings. The molecule has 10 aromatic carbocycles. The normalized spacial score (nSPS) is 11.6. The van der Waals surface area contributed by atoms with E-state index in [2.05, 4.69) is 240 Å². The third kappa shape index (κ3) is 5.82. The Balaban J connectivity index is 0.957. The van der Waals surface area contributed by atoms with E-state index in [-0.39, 0.29) is 0 Å². The van der Waals surface area contributed by atoms with Gasteiger partial charge in [-0.15, -0.1) is 0 Å². The molecule has 2 aromatic heterocycles. The zero-order valence-electron chi connectivity index (χ0n) is 33.2. The summed E-state index contributed by atoms with van der Waals surface area (Å²) in [6.45, 7) is 0. The van der Waals surface area contributed by atoms with Gasteiger partial charge < -0.3 is 13.9 Å². The SMILES string of the molecule is c1ccc(-c2ccccc2N(c2ccc(-c3cccc(-n4c5ccccc5c5ccccc54)c3)cc2)c2ccc(-c3cccc4oc5c6ccccc6ccc5c34)cc2)cc1. The van der Waals surface area contributed by atoms with Gasteiger partial charge in [0, 0.05) is 49.6 Å². The van der Waals surface area contributed by atoms with Gasteiger partial charge in [0.15, 0.2) is 0 Å². The maximum Gasteiger partial charge on any atom is 0.143 e. The lowest BCUT2D eigenvalue weighted by molar-refractivity contribution is 0.673. The number of aromatic nitrogens is 1. The Kier molecular flexibility index (Phi) is 8.17. The van der Waals surface area contributed by atoms with Crippen LogP contribution in [0, 0.1) is 0 Å². The maximum absolute atomic E-state index is 6.55. The van der Waals surface area contributed by atoms with Gasteiger partial charge in [-0.3, -0.25) is 0 Å². The summed E-state index contributed by atoms with van der Waals surface area (Å²) in [4.78, 5) is 2.38. The van der Waals surface area contributed by atoms with Crippen LogP contribution >= 0.6 is 0 Å². The Morgan fingerprint density at radius 1 is 0.361 bits per heavy atom. The highest BCUT2D eigenvalue weighted by Gasteiger charge is 2.20. The van der Waals surface area contributed by atoms with E-state index < -0.39 is 0 Å². The fourth-order valence-corrected chi connectivity index (χ4v) is 9.37. The van der Waals surface area contributed by atoms with E-state index in [0.717, 1.165) is 72.3 Å². The van der Waals surface area contributed by atoms with Crippen LogP contribution in [0.4, 0.5) is 17.1 Å². The monoisotopic (exact) mass is 778 g/mol. The molecular formula is C58H38N2O. The van der Waals surface area contributed by atoms with Crippen molar-refractivity contribution in [3.63, 3.8) is 0 Å². The number of hydrogen-bond acceptors (Lipinski definition) is 2. The molecule has 61 heavy (non-hydrogen) atoms. The summed E-state index contributed by atoms with van der Waals surface area (Å²) >= 11 is 0. The van der Waals surface area contributed by atoms with E-state index in [9.17, 15) is 0 Å². The van der Waals surface area contributed by atoms with E-state index >= 15 is 0 Å². The average Bonchev–Trinajstić information content (AvgIpc) is 3.89. The minimum Gasteiger partial charge on any atom is -0.455 e. The van der Waals surface area contributed by atoms with Crippen LogP contribution in [-0.2, 0) is 0 Å². The largest absolute Gasteiger partial charge is 0.455 e. The van der Waals surface area contributed by atoms with Crippen molar-refractivity contribution in [2.45, 2.75) is 0 Å². The van der Waals surface area contributed by atoms with Gasteiger partial charge in [-0.05, 0) is 99.9 Å². The first-order valence-electron chi connectivity index (χ1n) is 20.8. The molecule has 12 aromatic rings. The molecule has 0 bridgehead atoms. The van der Waals surface area contributed by atoms with Crippen LogP contribution in [0.5, 0.6) is 0 Å². The van der Waals surface area contributed by atoms with E-state index in [1.54, 1.807) is 0 Å². The molecule has 286 valence electrons. The second-order valence-corrected chi connectivity index (χ2v) is 15.7. The van der Waals surface area contributed by atoms with Crippen molar-refractivity contribution in [3.8, 4) is 39.1 Å². The summed E-state index contributed by atoms with van der Waals surface area (Å²) in [7, 11) is 0. The lowest BCUT2D eigenvalue weighted by atomic mass is 9.97. The minimum atomic E-state index is 0.895. The topological polar surface area (TPSA) is 21.3 Å². The molecule has 0 unspecified atom stereocenters. The lowest BCUT2D eigenvalue weighted by Crippen LogP contribution is -2.11. The van der Waals surface area contributed by atoms with Crippen LogP contribution in [-0.4, -0.2) is 4.57 Å². The number of para-hydroxylation sites is 3. The average molecular weight is 779 g/mol. The van der Waals surface area contributed by atoms with Gasteiger partial charge in [0.2, 0.25) is 0 Å². The van der Waals surface area contributed by atoms with Crippen LogP contribution in [0.3, 0.4) is 0 Å². The third-order valence-corrected chi connectivity index (χ3v) is 12.2. The molecule has 0 saturated heterocycles. The first kappa shape index (κ1) is 34.9. The van der Waals surface area contributed by atoms with Crippen LogP contribution in [0.1, 0.15) is 0 Å². The van der Waals surface area contributed by atoms with Gasteiger partial charge in [-0.2, -0.15) is 0 Å². The van der Waals surface area contributed by atoms with Gasteiger partial charge in [0.25, 0.3) is 0 Å². The number of benzene rings is 10. The van der Waals surface area contributed by atoms with Gasteiger partial charge in [-0.25, -0.2) is 0 Å². The fourth-order valence-electron chi connectivity index (χ4n) is 9.37. The summed E-state index contributed by atoms with van der Waals surface area (Å²) in [5.41, 5.74) is 15.6. The second kappa shape index (κ2) is 14.3. The van der Waals surface area contributed by atoms with E-state index in [1.165, 1.54) is 38.3 Å². The van der Waals surface area contributed by atoms with Crippen LogP contribution in [0.25, 0.3) is 93.6 Å². The molecule has 0 spiro atoms. The van der Waals surface area contributed by atoms with Crippen molar-refractivity contribution < 1.29 is 4.42 Å².